The van der Waals surface area contributed by atoms with Crippen LogP contribution >= 0.6 is 11.3 Å². The Labute approximate surface area is 115 Å². The van der Waals surface area contributed by atoms with Crippen LogP contribution in [0.2, 0.25) is 0 Å². The molecule has 3 rings (SSSR count). The number of aromatic nitrogens is 1. The van der Waals surface area contributed by atoms with Crippen LogP contribution in [-0.4, -0.2) is 10.9 Å². The van der Waals surface area contributed by atoms with Gasteiger partial charge < -0.3 is 5.32 Å². The summed E-state index contributed by atoms with van der Waals surface area (Å²) in [5, 5.41) is 5.83. The van der Waals surface area contributed by atoms with Crippen LogP contribution in [-0.2, 0) is 4.79 Å². The molecule has 0 radical (unpaired) electrons. The van der Waals surface area contributed by atoms with E-state index >= 15 is 0 Å². The van der Waals surface area contributed by atoms with E-state index in [1.54, 1.807) is 0 Å². The molecule has 0 saturated carbocycles. The van der Waals surface area contributed by atoms with Crippen LogP contribution < -0.4 is 5.32 Å². The van der Waals surface area contributed by atoms with Gasteiger partial charge in [0.15, 0.2) is 5.13 Å². The molecule has 0 aliphatic heterocycles. The number of nitrogens with one attached hydrogen (secondary N) is 1. The van der Waals surface area contributed by atoms with E-state index in [-0.39, 0.29) is 11.8 Å². The van der Waals surface area contributed by atoms with Crippen LogP contribution in [0.5, 0.6) is 0 Å². The minimum absolute atomic E-state index is 0.00311. The lowest BCUT2D eigenvalue weighted by Gasteiger charge is -2.02. The predicted molar refractivity (Wildman–Crippen MR) is 80.6 cm³/mol. The molecule has 1 N–H and O–H groups in total. The third-order valence-corrected chi connectivity index (χ3v) is 3.97. The third kappa shape index (κ3) is 2.19. The van der Waals surface area contributed by atoms with Crippen LogP contribution in [0.1, 0.15) is 13.8 Å². The largest absolute Gasteiger partial charge is 0.302 e. The number of anilines is 1. The van der Waals surface area contributed by atoms with Crippen molar-refractivity contribution >= 4 is 43.4 Å². The quantitative estimate of drug-likeness (QED) is 0.763. The first kappa shape index (κ1) is 12.1. The van der Waals surface area contributed by atoms with Gasteiger partial charge >= 0.3 is 0 Å². The summed E-state index contributed by atoms with van der Waals surface area (Å²) in [4.78, 5) is 16.3. The first-order valence-electron chi connectivity index (χ1n) is 6.24. The number of hydrogen-bond acceptors (Lipinski definition) is 3. The molecule has 0 saturated heterocycles. The summed E-state index contributed by atoms with van der Waals surface area (Å²) in [5.41, 5.74) is 0.960. The molecule has 0 atom stereocenters. The molecule has 1 heterocycles. The topological polar surface area (TPSA) is 42.0 Å². The zero-order valence-electron chi connectivity index (χ0n) is 10.8. The molecule has 0 fully saturated rings. The van der Waals surface area contributed by atoms with Crippen molar-refractivity contribution in [2.45, 2.75) is 13.8 Å². The molecule has 0 spiro atoms. The van der Waals surface area contributed by atoms with Gasteiger partial charge in [0.2, 0.25) is 5.91 Å². The maximum atomic E-state index is 11.7. The average molecular weight is 270 g/mol. The van der Waals surface area contributed by atoms with Crippen LogP contribution in [0, 0.1) is 5.92 Å². The van der Waals surface area contributed by atoms with Crippen LogP contribution in [0.15, 0.2) is 36.4 Å². The zero-order valence-corrected chi connectivity index (χ0v) is 11.6. The van der Waals surface area contributed by atoms with E-state index in [0.717, 1.165) is 15.6 Å². The monoisotopic (exact) mass is 270 g/mol. The van der Waals surface area contributed by atoms with Gasteiger partial charge in [0.25, 0.3) is 0 Å². The highest BCUT2D eigenvalue weighted by Gasteiger charge is 2.12. The first-order valence-corrected chi connectivity index (χ1v) is 7.06. The molecule has 4 heteroatoms. The van der Waals surface area contributed by atoms with Crippen molar-refractivity contribution in [3.05, 3.63) is 36.4 Å². The maximum absolute atomic E-state index is 11.7. The molecule has 1 aromatic heterocycles. The van der Waals surface area contributed by atoms with E-state index < -0.39 is 0 Å². The van der Waals surface area contributed by atoms with Gasteiger partial charge in [0.05, 0.1) is 10.2 Å². The lowest BCUT2D eigenvalue weighted by molar-refractivity contribution is -0.118. The fourth-order valence-electron chi connectivity index (χ4n) is 1.96. The van der Waals surface area contributed by atoms with Gasteiger partial charge in [0.1, 0.15) is 0 Å². The number of rotatable bonds is 2. The van der Waals surface area contributed by atoms with Gasteiger partial charge in [-0.3, -0.25) is 4.79 Å². The van der Waals surface area contributed by atoms with Crippen molar-refractivity contribution < 1.29 is 4.79 Å². The van der Waals surface area contributed by atoms with Gasteiger partial charge in [-0.25, -0.2) is 4.98 Å². The minimum atomic E-state index is -0.0382. The van der Waals surface area contributed by atoms with E-state index in [9.17, 15) is 4.79 Å². The summed E-state index contributed by atoms with van der Waals surface area (Å²) in [6, 6.07) is 12.3. The molecule has 0 aliphatic carbocycles. The van der Waals surface area contributed by atoms with E-state index in [1.807, 2.05) is 26.0 Å². The maximum Gasteiger partial charge on any atom is 0.228 e. The molecule has 3 nitrogen and oxygen atoms in total. The van der Waals surface area contributed by atoms with Crippen LogP contribution in [0.25, 0.3) is 21.0 Å². The highest BCUT2D eigenvalue weighted by atomic mass is 32.1. The second kappa shape index (κ2) is 4.63. The SMILES string of the molecule is CC(C)C(=O)Nc1nc2c(ccc3ccccc32)s1. The van der Waals surface area contributed by atoms with Crippen molar-refractivity contribution in [2.75, 3.05) is 5.32 Å². The number of benzene rings is 2. The van der Waals surface area contributed by atoms with Crippen molar-refractivity contribution in [2.24, 2.45) is 5.92 Å². The Balaban J connectivity index is 2.10. The molecule has 0 aliphatic rings. The number of amides is 1. The summed E-state index contributed by atoms with van der Waals surface area (Å²) in [6.07, 6.45) is 0. The third-order valence-electron chi connectivity index (χ3n) is 3.04. The minimum Gasteiger partial charge on any atom is -0.302 e. The van der Waals surface area contributed by atoms with E-state index in [1.165, 1.54) is 16.7 Å². The van der Waals surface area contributed by atoms with E-state index in [0.29, 0.717) is 5.13 Å². The standard InChI is InChI=1S/C15H14N2OS/c1-9(2)14(18)17-15-16-13-11-6-4-3-5-10(11)7-8-12(13)19-15/h3-9H,1-2H3,(H,16,17,18). The second-order valence-corrected chi connectivity index (χ2v) is 5.83. The fourth-order valence-corrected chi connectivity index (χ4v) is 2.85. The number of carbonyl (C=O) groups excluding carboxylic acids is 1. The molecule has 19 heavy (non-hydrogen) atoms. The number of fused-ring (bicyclic) bond motifs is 3. The Kier molecular flexibility index (Phi) is 2.95. The van der Waals surface area contributed by atoms with Crippen molar-refractivity contribution in [1.29, 1.82) is 0 Å². The molecular weight excluding hydrogens is 256 g/mol. The van der Waals surface area contributed by atoms with Gasteiger partial charge in [-0.15, -0.1) is 0 Å². The van der Waals surface area contributed by atoms with Gasteiger partial charge in [-0.05, 0) is 11.5 Å². The fraction of sp³-hybridized carbons (Fsp3) is 0.200. The Morgan fingerprint density at radius 2 is 2.00 bits per heavy atom. The molecule has 2 aromatic carbocycles. The van der Waals surface area contributed by atoms with Gasteiger partial charge in [-0.2, -0.15) is 0 Å². The van der Waals surface area contributed by atoms with Gasteiger partial charge in [0, 0.05) is 11.3 Å². The molecular formula is C15H14N2OS. The predicted octanol–water partition coefficient (Wildman–Crippen LogP) is 4.04. The van der Waals surface area contributed by atoms with Crippen molar-refractivity contribution in [1.82, 2.24) is 4.98 Å². The Hall–Kier alpha value is -1.94. The van der Waals surface area contributed by atoms with Crippen LogP contribution in [0.4, 0.5) is 5.13 Å². The highest BCUT2D eigenvalue weighted by molar-refractivity contribution is 7.22. The number of carbonyl (C=O) groups is 1. The first-order chi connectivity index (χ1) is 9.15. The summed E-state index contributed by atoms with van der Waals surface area (Å²) >= 11 is 1.51. The smallest absolute Gasteiger partial charge is 0.228 e. The summed E-state index contributed by atoms with van der Waals surface area (Å²) in [7, 11) is 0. The molecule has 3 aromatic rings. The Morgan fingerprint density at radius 3 is 2.79 bits per heavy atom. The summed E-state index contributed by atoms with van der Waals surface area (Å²) in [5.74, 6) is -0.0351. The average Bonchev–Trinajstić information content (AvgIpc) is 2.81. The Bertz CT molecular complexity index is 761. The lowest BCUT2D eigenvalue weighted by atomic mass is 10.1. The van der Waals surface area contributed by atoms with Crippen molar-refractivity contribution in [3.8, 4) is 0 Å². The summed E-state index contributed by atoms with van der Waals surface area (Å²) < 4.78 is 1.10. The number of nitrogens with zero attached hydrogens (tertiary/aromatic N) is 1. The molecule has 0 bridgehead atoms. The van der Waals surface area contributed by atoms with E-state index in [4.69, 9.17) is 0 Å². The molecule has 0 unspecified atom stereocenters. The Morgan fingerprint density at radius 1 is 1.21 bits per heavy atom. The number of thiazole rings is 1. The number of hydrogen-bond donors (Lipinski definition) is 1. The van der Waals surface area contributed by atoms with Gasteiger partial charge in [-0.1, -0.05) is 55.5 Å². The highest BCUT2D eigenvalue weighted by Crippen LogP contribution is 2.31. The zero-order chi connectivity index (χ0) is 13.4. The van der Waals surface area contributed by atoms with Crippen LogP contribution in [0.3, 0.4) is 0 Å². The molecule has 96 valence electrons. The summed E-state index contributed by atoms with van der Waals surface area (Å²) in [6.45, 7) is 3.75. The lowest BCUT2D eigenvalue weighted by Crippen LogP contribution is -2.17. The molecule has 1 amide bonds. The van der Waals surface area contributed by atoms with E-state index in [2.05, 4.69) is 34.6 Å². The normalized spacial score (nSPS) is 11.3. The van der Waals surface area contributed by atoms with Crippen molar-refractivity contribution in [3.63, 3.8) is 0 Å². The second-order valence-electron chi connectivity index (χ2n) is 4.80.